The monoisotopic (exact) mass is 382 g/mol. The Kier molecular flexibility index (Phi) is 6.09. The fourth-order valence-electron chi connectivity index (χ4n) is 1.73. The summed E-state index contributed by atoms with van der Waals surface area (Å²) >= 11 is 4.31. The van der Waals surface area contributed by atoms with Crippen LogP contribution in [-0.2, 0) is 4.79 Å². The van der Waals surface area contributed by atoms with Gasteiger partial charge in [-0.3, -0.25) is 9.59 Å². The Bertz CT molecular complexity index is 658. The van der Waals surface area contributed by atoms with E-state index in [1.807, 2.05) is 30.3 Å². The zero-order valence-corrected chi connectivity index (χ0v) is 14.4. The lowest BCUT2D eigenvalue weighted by Crippen LogP contribution is -2.15. The number of nitrogens with zero attached hydrogens (tertiary/aromatic N) is 1. The number of thiazole rings is 1. The van der Waals surface area contributed by atoms with Gasteiger partial charge < -0.3 is 10.1 Å². The second kappa shape index (κ2) is 8.05. The molecule has 2 rings (SSSR count). The predicted octanol–water partition coefficient (Wildman–Crippen LogP) is 3.44. The lowest BCUT2D eigenvalue weighted by atomic mass is 10.3. The number of amides is 1. The first-order chi connectivity index (χ1) is 10.6. The van der Waals surface area contributed by atoms with Crippen molar-refractivity contribution in [2.75, 3.05) is 17.3 Å². The van der Waals surface area contributed by atoms with Crippen LogP contribution in [-0.4, -0.2) is 28.6 Å². The molecule has 0 fully saturated rings. The Hall–Kier alpha value is -1.73. The van der Waals surface area contributed by atoms with Crippen LogP contribution in [0.5, 0.6) is 5.75 Å². The first kappa shape index (κ1) is 16.6. The van der Waals surface area contributed by atoms with Gasteiger partial charge in [-0.05, 0) is 19.1 Å². The highest BCUT2D eigenvalue weighted by Gasteiger charge is 2.15. The summed E-state index contributed by atoms with van der Waals surface area (Å²) in [5.74, 6) is 0.496. The molecule has 0 unspecified atom stereocenters. The molecule has 0 saturated carbocycles. The molecule has 0 aliphatic rings. The standard InChI is InChI=1S/C15H15BrN2O3S/c1-10-14(12(19)9-16)22-15(17-10)18-13(20)7-8-21-11-5-3-2-4-6-11/h2-6H,7-9H2,1H3,(H,17,18,20). The second-order valence-corrected chi connectivity index (χ2v) is 6.01. The molecular formula is C15H15BrN2O3S. The van der Waals surface area contributed by atoms with Crippen LogP contribution >= 0.6 is 27.3 Å². The maximum Gasteiger partial charge on any atom is 0.229 e. The van der Waals surface area contributed by atoms with Gasteiger partial charge in [0, 0.05) is 0 Å². The van der Waals surface area contributed by atoms with E-state index in [4.69, 9.17) is 4.74 Å². The first-order valence-corrected chi connectivity index (χ1v) is 8.58. The van der Waals surface area contributed by atoms with Crippen molar-refractivity contribution in [3.05, 3.63) is 40.9 Å². The van der Waals surface area contributed by atoms with E-state index in [1.54, 1.807) is 6.92 Å². The molecule has 0 aliphatic heterocycles. The highest BCUT2D eigenvalue weighted by atomic mass is 79.9. The van der Waals surface area contributed by atoms with Gasteiger partial charge >= 0.3 is 0 Å². The summed E-state index contributed by atoms with van der Waals surface area (Å²) in [4.78, 5) is 28.2. The van der Waals surface area contributed by atoms with Gasteiger partial charge in [0.05, 0.1) is 28.9 Å². The Labute approximate surface area is 140 Å². The normalized spacial score (nSPS) is 10.3. The summed E-state index contributed by atoms with van der Waals surface area (Å²) in [6.07, 6.45) is 0.218. The highest BCUT2D eigenvalue weighted by Crippen LogP contribution is 2.23. The van der Waals surface area contributed by atoms with Gasteiger partial charge in [0.15, 0.2) is 10.9 Å². The van der Waals surface area contributed by atoms with Crippen LogP contribution in [0.4, 0.5) is 5.13 Å². The molecule has 0 atom stereocenters. The van der Waals surface area contributed by atoms with Crippen molar-refractivity contribution < 1.29 is 14.3 Å². The maximum absolute atomic E-state index is 11.8. The Balaban J connectivity index is 1.83. The molecule has 1 amide bonds. The largest absolute Gasteiger partial charge is 0.493 e. The number of anilines is 1. The van der Waals surface area contributed by atoms with E-state index in [1.165, 1.54) is 11.3 Å². The molecule has 7 heteroatoms. The number of hydrogen-bond donors (Lipinski definition) is 1. The minimum absolute atomic E-state index is 0.0390. The molecule has 0 bridgehead atoms. The van der Waals surface area contributed by atoms with Crippen molar-refractivity contribution in [1.82, 2.24) is 4.98 Å². The van der Waals surface area contributed by atoms with Gasteiger partial charge in [0.1, 0.15) is 5.75 Å². The smallest absolute Gasteiger partial charge is 0.229 e. The zero-order chi connectivity index (χ0) is 15.9. The molecule has 2 aromatic rings. The third-order valence-electron chi connectivity index (χ3n) is 2.76. The van der Waals surface area contributed by atoms with E-state index < -0.39 is 0 Å². The van der Waals surface area contributed by atoms with Gasteiger partial charge in [-0.1, -0.05) is 45.5 Å². The maximum atomic E-state index is 11.8. The number of hydrogen-bond acceptors (Lipinski definition) is 5. The minimum Gasteiger partial charge on any atom is -0.493 e. The molecule has 0 radical (unpaired) electrons. The number of Topliss-reactive ketones (excluding diaryl/α,β-unsaturated/α-hetero) is 1. The summed E-state index contributed by atoms with van der Waals surface area (Å²) < 4.78 is 5.46. The number of rotatable bonds is 7. The summed E-state index contributed by atoms with van der Waals surface area (Å²) in [6, 6.07) is 9.31. The van der Waals surface area contributed by atoms with Crippen molar-refractivity contribution in [2.24, 2.45) is 0 Å². The van der Waals surface area contributed by atoms with Crippen LogP contribution in [0, 0.1) is 6.92 Å². The van der Waals surface area contributed by atoms with Gasteiger partial charge in [0.25, 0.3) is 0 Å². The first-order valence-electron chi connectivity index (χ1n) is 6.64. The Morgan fingerprint density at radius 2 is 2.05 bits per heavy atom. The molecule has 1 aromatic carbocycles. The average Bonchev–Trinajstić information content (AvgIpc) is 2.88. The minimum atomic E-state index is -0.192. The second-order valence-electron chi connectivity index (χ2n) is 4.45. The molecule has 22 heavy (non-hydrogen) atoms. The summed E-state index contributed by atoms with van der Waals surface area (Å²) in [5, 5.41) is 3.37. The summed E-state index contributed by atoms with van der Waals surface area (Å²) in [6.45, 7) is 2.04. The fourth-order valence-corrected chi connectivity index (χ4v) is 3.12. The third-order valence-corrected chi connectivity index (χ3v) is 4.38. The van der Waals surface area contributed by atoms with Crippen LogP contribution in [0.2, 0.25) is 0 Å². The lowest BCUT2D eigenvalue weighted by Gasteiger charge is -2.05. The summed E-state index contributed by atoms with van der Waals surface area (Å²) in [7, 11) is 0. The van der Waals surface area contributed by atoms with Gasteiger partial charge in [-0.15, -0.1) is 0 Å². The van der Waals surface area contributed by atoms with Gasteiger partial charge in [-0.2, -0.15) is 0 Å². The molecule has 1 N–H and O–H groups in total. The Morgan fingerprint density at radius 1 is 1.32 bits per heavy atom. The quantitative estimate of drug-likeness (QED) is 0.588. The average molecular weight is 383 g/mol. The SMILES string of the molecule is Cc1nc(NC(=O)CCOc2ccccc2)sc1C(=O)CBr. The van der Waals surface area contributed by atoms with E-state index in [-0.39, 0.29) is 30.0 Å². The molecule has 0 spiro atoms. The topological polar surface area (TPSA) is 68.3 Å². The van der Waals surface area contributed by atoms with Crippen LogP contribution in [0.3, 0.4) is 0 Å². The van der Waals surface area contributed by atoms with E-state index in [0.29, 0.717) is 15.7 Å². The van der Waals surface area contributed by atoms with E-state index in [9.17, 15) is 9.59 Å². The highest BCUT2D eigenvalue weighted by molar-refractivity contribution is 9.09. The number of ether oxygens (including phenoxy) is 1. The third kappa shape index (κ3) is 4.64. The number of para-hydroxylation sites is 1. The van der Waals surface area contributed by atoms with E-state index in [0.717, 1.165) is 5.75 Å². The Morgan fingerprint density at radius 3 is 2.73 bits per heavy atom. The number of ketones is 1. The van der Waals surface area contributed by atoms with Crippen LogP contribution < -0.4 is 10.1 Å². The van der Waals surface area contributed by atoms with E-state index in [2.05, 4.69) is 26.2 Å². The fraction of sp³-hybridized carbons (Fsp3) is 0.267. The number of carbonyl (C=O) groups excluding carboxylic acids is 2. The summed E-state index contributed by atoms with van der Waals surface area (Å²) in [5.41, 5.74) is 0.630. The number of aryl methyl sites for hydroxylation is 1. The molecule has 0 aliphatic carbocycles. The van der Waals surface area contributed by atoms with Crippen LogP contribution in [0.15, 0.2) is 30.3 Å². The molecule has 5 nitrogen and oxygen atoms in total. The van der Waals surface area contributed by atoms with Gasteiger partial charge in [0.2, 0.25) is 5.91 Å². The number of alkyl halides is 1. The molecular weight excluding hydrogens is 368 g/mol. The number of halogens is 1. The number of carbonyl (C=O) groups is 2. The number of nitrogens with one attached hydrogen (secondary N) is 1. The van der Waals surface area contributed by atoms with Crippen molar-refractivity contribution in [3.8, 4) is 5.75 Å². The lowest BCUT2D eigenvalue weighted by molar-refractivity contribution is -0.116. The number of aromatic nitrogens is 1. The molecule has 0 saturated heterocycles. The van der Waals surface area contributed by atoms with Gasteiger partial charge in [-0.25, -0.2) is 4.98 Å². The van der Waals surface area contributed by atoms with Crippen LogP contribution in [0.25, 0.3) is 0 Å². The van der Waals surface area contributed by atoms with Crippen molar-refractivity contribution in [3.63, 3.8) is 0 Å². The van der Waals surface area contributed by atoms with E-state index >= 15 is 0 Å². The molecule has 116 valence electrons. The molecule has 1 heterocycles. The molecule has 1 aromatic heterocycles. The number of benzene rings is 1. The predicted molar refractivity (Wildman–Crippen MR) is 90.2 cm³/mol. The zero-order valence-electron chi connectivity index (χ0n) is 12.0. The van der Waals surface area contributed by atoms with Crippen LogP contribution in [0.1, 0.15) is 21.8 Å². The van der Waals surface area contributed by atoms with Crippen molar-refractivity contribution >= 4 is 44.1 Å². The van der Waals surface area contributed by atoms with Crippen molar-refractivity contribution in [1.29, 1.82) is 0 Å². The van der Waals surface area contributed by atoms with Crippen molar-refractivity contribution in [2.45, 2.75) is 13.3 Å².